The molecule has 1 aromatic carbocycles. The fourth-order valence-electron chi connectivity index (χ4n) is 4.23. The first kappa shape index (κ1) is 21.1. The Labute approximate surface area is 202 Å². The quantitative estimate of drug-likeness (QED) is 0.336. The van der Waals surface area contributed by atoms with Crippen LogP contribution in [0.15, 0.2) is 85.5 Å². The van der Waals surface area contributed by atoms with E-state index < -0.39 is 0 Å². The van der Waals surface area contributed by atoms with Crippen molar-refractivity contribution >= 4 is 28.4 Å². The molecular weight excluding hydrogens is 436 g/mol. The molecule has 4 aromatic heterocycles. The van der Waals surface area contributed by atoms with E-state index in [2.05, 4.69) is 43.0 Å². The fraction of sp³-hybridized carbons (Fsp3) is 0.148. The van der Waals surface area contributed by atoms with Gasteiger partial charge in [0.15, 0.2) is 5.82 Å². The Morgan fingerprint density at radius 3 is 2.57 bits per heavy atom. The summed E-state index contributed by atoms with van der Waals surface area (Å²) >= 11 is 0. The van der Waals surface area contributed by atoms with Gasteiger partial charge in [0.2, 0.25) is 0 Å². The number of benzene rings is 1. The maximum absolute atomic E-state index is 4.88. The summed E-state index contributed by atoms with van der Waals surface area (Å²) < 4.78 is 0. The van der Waals surface area contributed by atoms with Gasteiger partial charge in [-0.15, -0.1) is 0 Å². The van der Waals surface area contributed by atoms with Gasteiger partial charge in [0.25, 0.3) is 0 Å². The molecule has 5 heterocycles. The topological polar surface area (TPSA) is 101 Å². The zero-order valence-electron chi connectivity index (χ0n) is 19.0. The molecule has 8 nitrogen and oxygen atoms in total. The molecule has 172 valence electrons. The summed E-state index contributed by atoms with van der Waals surface area (Å²) in [7, 11) is 0. The van der Waals surface area contributed by atoms with Crippen molar-refractivity contribution in [2.75, 3.05) is 23.7 Å². The molecule has 1 aliphatic heterocycles. The predicted molar refractivity (Wildman–Crippen MR) is 138 cm³/mol. The standard InChI is InChI=1S/C27H24N8/c1-2-4-18(5-3-1)20-6-7-24(31-15-20)34-25-14-19(8-13-30-25)26-33-23-17-29-12-10-22(23)27(35-26)32-21-9-11-28-16-21/h1-8,10,12-15,17,21,28H,9,11,16H2,(H,30,31,34)(H,32,33,35)/t21-/m1/s1. The molecule has 0 bridgehead atoms. The van der Waals surface area contributed by atoms with E-state index in [1.807, 2.05) is 54.7 Å². The molecule has 5 aromatic rings. The minimum Gasteiger partial charge on any atom is -0.365 e. The van der Waals surface area contributed by atoms with E-state index in [4.69, 9.17) is 9.97 Å². The first-order valence-corrected chi connectivity index (χ1v) is 11.7. The molecule has 0 saturated carbocycles. The number of rotatable bonds is 6. The van der Waals surface area contributed by atoms with E-state index >= 15 is 0 Å². The lowest BCUT2D eigenvalue weighted by molar-refractivity contribution is 0.789. The van der Waals surface area contributed by atoms with Crippen molar-refractivity contribution in [3.05, 3.63) is 85.5 Å². The second-order valence-electron chi connectivity index (χ2n) is 8.48. The molecule has 6 rings (SSSR count). The maximum Gasteiger partial charge on any atom is 0.162 e. The smallest absolute Gasteiger partial charge is 0.162 e. The zero-order valence-corrected chi connectivity index (χ0v) is 19.0. The van der Waals surface area contributed by atoms with Crippen LogP contribution in [0.1, 0.15) is 6.42 Å². The molecule has 0 unspecified atom stereocenters. The molecule has 0 aliphatic carbocycles. The number of nitrogens with one attached hydrogen (secondary N) is 3. The highest BCUT2D eigenvalue weighted by Crippen LogP contribution is 2.27. The summed E-state index contributed by atoms with van der Waals surface area (Å²) in [5.74, 6) is 2.84. The number of hydrogen-bond acceptors (Lipinski definition) is 8. The van der Waals surface area contributed by atoms with E-state index in [1.54, 1.807) is 18.6 Å². The number of fused-ring (bicyclic) bond motifs is 1. The van der Waals surface area contributed by atoms with Crippen LogP contribution in [0.5, 0.6) is 0 Å². The Hall–Kier alpha value is -4.43. The third-order valence-electron chi connectivity index (χ3n) is 6.05. The molecule has 0 spiro atoms. The van der Waals surface area contributed by atoms with Crippen LogP contribution in [0.2, 0.25) is 0 Å². The van der Waals surface area contributed by atoms with Gasteiger partial charge < -0.3 is 16.0 Å². The highest BCUT2D eigenvalue weighted by molar-refractivity contribution is 5.90. The van der Waals surface area contributed by atoms with Crippen LogP contribution in [0.4, 0.5) is 17.5 Å². The van der Waals surface area contributed by atoms with Gasteiger partial charge >= 0.3 is 0 Å². The lowest BCUT2D eigenvalue weighted by Gasteiger charge is -2.15. The van der Waals surface area contributed by atoms with Crippen LogP contribution < -0.4 is 16.0 Å². The minimum absolute atomic E-state index is 0.341. The van der Waals surface area contributed by atoms with Crippen molar-refractivity contribution in [2.45, 2.75) is 12.5 Å². The predicted octanol–water partition coefficient (Wildman–Crippen LogP) is 4.67. The number of hydrogen-bond donors (Lipinski definition) is 3. The van der Waals surface area contributed by atoms with Crippen molar-refractivity contribution in [1.82, 2.24) is 30.2 Å². The van der Waals surface area contributed by atoms with Gasteiger partial charge in [0.05, 0.1) is 11.7 Å². The summed E-state index contributed by atoms with van der Waals surface area (Å²) in [6, 6.07) is 20.3. The van der Waals surface area contributed by atoms with Crippen molar-refractivity contribution < 1.29 is 0 Å². The lowest BCUT2D eigenvalue weighted by atomic mass is 10.1. The van der Waals surface area contributed by atoms with Crippen LogP contribution >= 0.6 is 0 Å². The third-order valence-corrected chi connectivity index (χ3v) is 6.05. The van der Waals surface area contributed by atoms with E-state index in [0.717, 1.165) is 52.9 Å². The van der Waals surface area contributed by atoms with E-state index in [1.165, 1.54) is 0 Å². The van der Waals surface area contributed by atoms with E-state index in [-0.39, 0.29) is 0 Å². The van der Waals surface area contributed by atoms with E-state index in [0.29, 0.717) is 23.5 Å². The number of nitrogens with zero attached hydrogens (tertiary/aromatic N) is 5. The Kier molecular flexibility index (Phi) is 5.70. The molecule has 1 aliphatic rings. The monoisotopic (exact) mass is 460 g/mol. The molecule has 1 atom stereocenters. The molecule has 3 N–H and O–H groups in total. The second-order valence-corrected chi connectivity index (χ2v) is 8.48. The van der Waals surface area contributed by atoms with Crippen molar-refractivity contribution in [2.24, 2.45) is 0 Å². The van der Waals surface area contributed by atoms with Gasteiger partial charge in [-0.05, 0) is 48.9 Å². The van der Waals surface area contributed by atoms with E-state index in [9.17, 15) is 0 Å². The van der Waals surface area contributed by atoms with Crippen LogP contribution in [0.25, 0.3) is 33.4 Å². The summed E-state index contributed by atoms with van der Waals surface area (Å²) in [5.41, 5.74) is 3.86. The van der Waals surface area contributed by atoms with Gasteiger partial charge in [-0.25, -0.2) is 19.9 Å². The van der Waals surface area contributed by atoms with Crippen molar-refractivity contribution in [3.8, 4) is 22.5 Å². The zero-order chi connectivity index (χ0) is 23.5. The molecular formula is C27H24N8. The summed E-state index contributed by atoms with van der Waals surface area (Å²) in [5, 5.41) is 11.2. The largest absolute Gasteiger partial charge is 0.365 e. The van der Waals surface area contributed by atoms with Crippen molar-refractivity contribution in [1.29, 1.82) is 0 Å². The highest BCUT2D eigenvalue weighted by Gasteiger charge is 2.17. The SMILES string of the molecule is c1ccc(-c2ccc(Nc3cc(-c4nc(N[C@@H]5CCNC5)c5ccncc5n4)ccn3)nc2)cc1. The minimum atomic E-state index is 0.341. The van der Waals surface area contributed by atoms with Crippen LogP contribution in [-0.4, -0.2) is 44.1 Å². The summed E-state index contributed by atoms with van der Waals surface area (Å²) in [6.07, 6.45) is 8.22. The first-order chi connectivity index (χ1) is 17.3. The summed E-state index contributed by atoms with van der Waals surface area (Å²) in [4.78, 5) is 22.9. The molecule has 1 saturated heterocycles. The Morgan fingerprint density at radius 1 is 0.800 bits per heavy atom. The maximum atomic E-state index is 4.88. The van der Waals surface area contributed by atoms with Gasteiger partial charge in [-0.1, -0.05) is 30.3 Å². The fourth-order valence-corrected chi connectivity index (χ4v) is 4.23. The molecule has 0 radical (unpaired) electrons. The number of aromatic nitrogens is 5. The third kappa shape index (κ3) is 4.64. The highest BCUT2D eigenvalue weighted by atomic mass is 15.1. The van der Waals surface area contributed by atoms with Gasteiger partial charge in [-0.2, -0.15) is 0 Å². The lowest BCUT2D eigenvalue weighted by Crippen LogP contribution is -2.23. The molecule has 8 heteroatoms. The van der Waals surface area contributed by atoms with Crippen LogP contribution in [0.3, 0.4) is 0 Å². The summed E-state index contributed by atoms with van der Waals surface area (Å²) in [6.45, 7) is 1.93. The molecule has 35 heavy (non-hydrogen) atoms. The number of pyridine rings is 3. The van der Waals surface area contributed by atoms with Gasteiger partial charge in [0.1, 0.15) is 17.5 Å². The normalized spacial score (nSPS) is 15.3. The van der Waals surface area contributed by atoms with Gasteiger partial charge in [-0.3, -0.25) is 4.98 Å². The Bertz CT molecular complexity index is 1450. The number of anilines is 3. The van der Waals surface area contributed by atoms with Crippen molar-refractivity contribution in [3.63, 3.8) is 0 Å². The molecule has 0 amide bonds. The Balaban J connectivity index is 1.28. The molecule has 1 fully saturated rings. The average molecular weight is 461 g/mol. The van der Waals surface area contributed by atoms with Crippen LogP contribution in [0, 0.1) is 0 Å². The average Bonchev–Trinajstić information content (AvgIpc) is 3.43. The van der Waals surface area contributed by atoms with Gasteiger partial charge in [0, 0.05) is 47.7 Å². The first-order valence-electron chi connectivity index (χ1n) is 11.7. The van der Waals surface area contributed by atoms with Crippen LogP contribution in [-0.2, 0) is 0 Å². The Morgan fingerprint density at radius 2 is 1.74 bits per heavy atom. The second kappa shape index (κ2) is 9.44.